The number of amides is 1. The van der Waals surface area contributed by atoms with E-state index >= 15 is 0 Å². The molecule has 1 unspecified atom stereocenters. The van der Waals surface area contributed by atoms with Crippen molar-refractivity contribution in [3.05, 3.63) is 70.3 Å². The first kappa shape index (κ1) is 28.4. The third-order valence-corrected chi connectivity index (χ3v) is 9.07. The first-order valence-corrected chi connectivity index (χ1v) is 15.1. The van der Waals surface area contributed by atoms with Crippen molar-refractivity contribution in [1.29, 1.82) is 0 Å². The molecule has 5 rings (SSSR count). The van der Waals surface area contributed by atoms with Crippen LogP contribution in [0, 0.1) is 5.92 Å². The summed E-state index contributed by atoms with van der Waals surface area (Å²) in [7, 11) is -10.2. The molecule has 13 nitrogen and oxygen atoms in total. The number of rotatable bonds is 6. The van der Waals surface area contributed by atoms with E-state index in [1.54, 1.807) is 0 Å². The molecule has 7 N–H and O–H groups in total. The fraction of sp³-hybridized carbons (Fsp3) is 0.231. The van der Waals surface area contributed by atoms with Crippen LogP contribution in [-0.2, 0) is 30.6 Å². The molecule has 3 aromatic carbocycles. The lowest BCUT2D eigenvalue weighted by Gasteiger charge is -2.37. The third-order valence-electron chi connectivity index (χ3n) is 7.20. The van der Waals surface area contributed by atoms with Crippen molar-refractivity contribution in [3.8, 4) is 11.5 Å². The summed E-state index contributed by atoms with van der Waals surface area (Å²) in [5, 5.41) is 2.79. The van der Waals surface area contributed by atoms with Crippen molar-refractivity contribution in [2.75, 3.05) is 18.0 Å². The van der Waals surface area contributed by atoms with E-state index in [9.17, 15) is 35.5 Å². The molecule has 0 aromatic heterocycles. The molecule has 2 aliphatic heterocycles. The summed E-state index contributed by atoms with van der Waals surface area (Å²) in [5.41, 5.74) is 8.67. The fourth-order valence-electron chi connectivity index (χ4n) is 5.02. The lowest BCUT2D eigenvalue weighted by Crippen LogP contribution is -2.34. The molecule has 15 heteroatoms. The lowest BCUT2D eigenvalue weighted by atomic mass is 9.77. The minimum Gasteiger partial charge on any atom is -0.453 e. The maximum atomic E-state index is 13.4. The molecule has 0 aliphatic carbocycles. The highest BCUT2D eigenvalue weighted by Gasteiger charge is 2.56. The lowest BCUT2D eigenvalue weighted by molar-refractivity contribution is 0.0221. The van der Waals surface area contributed by atoms with Gasteiger partial charge in [0.25, 0.3) is 26.1 Å². The molecule has 1 atom stereocenters. The maximum absolute atomic E-state index is 13.4. The number of nitrogens with two attached hydrogens (primary N) is 2. The third kappa shape index (κ3) is 4.37. The smallest absolute Gasteiger partial charge is 0.340 e. The van der Waals surface area contributed by atoms with Gasteiger partial charge in [0.2, 0.25) is 0 Å². The van der Waals surface area contributed by atoms with Crippen LogP contribution >= 0.6 is 0 Å². The van der Waals surface area contributed by atoms with Gasteiger partial charge in [0, 0.05) is 28.8 Å². The Bertz CT molecular complexity index is 1780. The fourth-order valence-corrected chi connectivity index (χ4v) is 6.52. The average Bonchev–Trinajstić information content (AvgIpc) is 3.17. The van der Waals surface area contributed by atoms with Gasteiger partial charge >= 0.3 is 5.97 Å². The number of carbonyl (C=O) groups is 2. The Kier molecular flexibility index (Phi) is 6.53. The number of carbonyl (C=O) groups excluding carboxylic acids is 2. The van der Waals surface area contributed by atoms with Crippen LogP contribution in [0.1, 0.15) is 57.7 Å². The average molecular weight is 604 g/mol. The van der Waals surface area contributed by atoms with Crippen molar-refractivity contribution in [1.82, 2.24) is 5.32 Å². The second kappa shape index (κ2) is 9.44. The summed E-state index contributed by atoms with van der Waals surface area (Å²) < 4.78 is 81.2. The molecule has 0 bridgehead atoms. The van der Waals surface area contributed by atoms with E-state index in [1.165, 1.54) is 30.3 Å². The number of ether oxygens (including phenoxy) is 2. The zero-order valence-corrected chi connectivity index (χ0v) is 23.3. The highest BCUT2D eigenvalue weighted by atomic mass is 32.2. The second-order valence-corrected chi connectivity index (χ2v) is 12.5. The summed E-state index contributed by atoms with van der Waals surface area (Å²) in [6.45, 7) is 4.34. The Hall–Kier alpha value is -4.18. The first-order valence-electron chi connectivity index (χ1n) is 12.3. The van der Waals surface area contributed by atoms with Crippen molar-refractivity contribution in [2.24, 2.45) is 5.92 Å². The van der Waals surface area contributed by atoms with Crippen molar-refractivity contribution in [3.63, 3.8) is 0 Å². The predicted octanol–water partition coefficient (Wildman–Crippen LogP) is 2.69. The van der Waals surface area contributed by atoms with Crippen LogP contribution in [0.15, 0.2) is 52.3 Å². The van der Waals surface area contributed by atoms with E-state index in [1.807, 2.05) is 13.8 Å². The second-order valence-electron chi connectivity index (χ2n) is 9.83. The molecule has 2 aliphatic rings. The van der Waals surface area contributed by atoms with E-state index in [2.05, 4.69) is 5.32 Å². The van der Waals surface area contributed by atoms with Gasteiger partial charge in [-0.1, -0.05) is 26.3 Å². The SMILES string of the molecule is CCC(C)CNC(=O)c1ccc2c(c1)C(=O)OC21c2ccc(N)c(S(=O)(=O)O)c2Oc2c1ccc(N)c2S(=O)(=O)O. The van der Waals surface area contributed by atoms with Crippen LogP contribution in [-0.4, -0.2) is 44.4 Å². The Labute approximate surface area is 234 Å². The van der Waals surface area contributed by atoms with Crippen LogP contribution in [0.25, 0.3) is 0 Å². The molecule has 41 heavy (non-hydrogen) atoms. The summed E-state index contributed by atoms with van der Waals surface area (Å²) in [5.74, 6) is -2.45. The highest BCUT2D eigenvalue weighted by molar-refractivity contribution is 7.86. The van der Waals surface area contributed by atoms with Crippen molar-refractivity contribution < 1.29 is 45.0 Å². The summed E-state index contributed by atoms with van der Waals surface area (Å²) >= 11 is 0. The van der Waals surface area contributed by atoms with Crippen LogP contribution in [0.3, 0.4) is 0 Å². The number of nitrogens with one attached hydrogen (secondary N) is 1. The number of fused-ring (bicyclic) bond motifs is 6. The van der Waals surface area contributed by atoms with Crippen LogP contribution in [0.5, 0.6) is 11.5 Å². The van der Waals surface area contributed by atoms with E-state index in [4.69, 9.17) is 20.9 Å². The van der Waals surface area contributed by atoms with Gasteiger partial charge in [0.15, 0.2) is 26.9 Å². The minimum atomic E-state index is -5.09. The normalized spacial score (nSPS) is 15.8. The number of hydrogen-bond donors (Lipinski definition) is 5. The van der Waals surface area contributed by atoms with Crippen molar-refractivity contribution in [2.45, 2.75) is 35.7 Å². The molecule has 1 spiro atoms. The maximum Gasteiger partial charge on any atom is 0.340 e. The number of esters is 1. The molecule has 0 radical (unpaired) electrons. The molecule has 0 saturated carbocycles. The van der Waals surface area contributed by atoms with Gasteiger partial charge in [-0.15, -0.1) is 0 Å². The van der Waals surface area contributed by atoms with Crippen LogP contribution < -0.4 is 21.5 Å². The summed E-state index contributed by atoms with van der Waals surface area (Å²) in [6.07, 6.45) is 0.840. The molecule has 2 heterocycles. The van der Waals surface area contributed by atoms with Gasteiger partial charge < -0.3 is 26.3 Å². The van der Waals surface area contributed by atoms with Gasteiger partial charge in [-0.3, -0.25) is 13.9 Å². The van der Waals surface area contributed by atoms with Gasteiger partial charge in [0.05, 0.1) is 16.9 Å². The predicted molar refractivity (Wildman–Crippen MR) is 145 cm³/mol. The van der Waals surface area contributed by atoms with Crippen LogP contribution in [0.2, 0.25) is 0 Å². The first-order chi connectivity index (χ1) is 19.1. The quantitative estimate of drug-likeness (QED) is 0.156. The van der Waals surface area contributed by atoms with E-state index in [0.717, 1.165) is 18.6 Å². The zero-order valence-electron chi connectivity index (χ0n) is 21.7. The number of hydrogen-bond acceptors (Lipinski definition) is 10. The van der Waals surface area contributed by atoms with E-state index < -0.39 is 70.4 Å². The minimum absolute atomic E-state index is 0.0737. The Morgan fingerprint density at radius 2 is 1.44 bits per heavy atom. The van der Waals surface area contributed by atoms with Gasteiger partial charge in [-0.05, 0) is 42.3 Å². The topological polar surface area (TPSA) is 225 Å². The largest absolute Gasteiger partial charge is 0.453 e. The molecule has 0 saturated heterocycles. The Balaban J connectivity index is 1.83. The molecule has 3 aromatic rings. The molecule has 1 amide bonds. The molecule has 216 valence electrons. The standard InChI is InChI=1S/C26H25N3O10S2/c1-3-12(2)11-29-24(30)13-4-5-15-14(10-13)25(31)39-26(15)16-6-8-18(27)22(40(32,33)34)20(16)38-21-17(26)7-9-19(28)23(21)41(35,36)37/h4-10,12H,3,11,27-28H2,1-2H3,(H,29,30)(H,32,33,34)(H,35,36,37). The zero-order chi connectivity index (χ0) is 30.1. The van der Waals surface area contributed by atoms with Gasteiger partial charge in [-0.25, -0.2) is 4.79 Å². The summed E-state index contributed by atoms with van der Waals surface area (Å²) in [6, 6.07) is 9.00. The Morgan fingerprint density at radius 3 is 1.93 bits per heavy atom. The monoisotopic (exact) mass is 603 g/mol. The molecular formula is C26H25N3O10S2. The highest BCUT2D eigenvalue weighted by Crippen LogP contribution is 2.59. The number of anilines is 2. The van der Waals surface area contributed by atoms with Gasteiger partial charge in [0.1, 0.15) is 0 Å². The van der Waals surface area contributed by atoms with E-state index in [-0.39, 0.29) is 33.7 Å². The van der Waals surface area contributed by atoms with E-state index in [0.29, 0.717) is 6.54 Å². The Morgan fingerprint density at radius 1 is 0.927 bits per heavy atom. The summed E-state index contributed by atoms with van der Waals surface area (Å²) in [4.78, 5) is 24.3. The van der Waals surface area contributed by atoms with Crippen molar-refractivity contribution >= 4 is 43.5 Å². The van der Waals surface area contributed by atoms with Gasteiger partial charge in [-0.2, -0.15) is 16.8 Å². The number of nitrogen functional groups attached to an aromatic ring is 2. The number of benzene rings is 3. The van der Waals surface area contributed by atoms with Crippen LogP contribution in [0.4, 0.5) is 11.4 Å². The molecular weight excluding hydrogens is 578 g/mol. The molecule has 0 fully saturated rings.